The third-order valence-electron chi connectivity index (χ3n) is 3.49. The summed E-state index contributed by atoms with van der Waals surface area (Å²) in [6, 6.07) is 4.19. The lowest BCUT2D eigenvalue weighted by Crippen LogP contribution is -2.43. The predicted octanol–water partition coefficient (Wildman–Crippen LogP) is 1.22. The Kier molecular flexibility index (Phi) is 4.57. The van der Waals surface area contributed by atoms with Crippen LogP contribution in [0.2, 0.25) is 0 Å². The smallest absolute Gasteiger partial charge is 0.188 e. The lowest BCUT2D eigenvalue weighted by Gasteiger charge is -2.36. The van der Waals surface area contributed by atoms with Crippen molar-refractivity contribution in [1.82, 2.24) is 10.3 Å². The Balaban J connectivity index is 1.94. The molecule has 0 radical (unpaired) electrons. The number of ether oxygens (including phenoxy) is 1. The summed E-state index contributed by atoms with van der Waals surface area (Å²) in [5, 5.41) is 15.2. The van der Waals surface area contributed by atoms with Crippen LogP contribution in [-0.2, 0) is 11.3 Å². The molecule has 1 aliphatic rings. The maximum absolute atomic E-state index is 8.66. The number of nitrogens with zero attached hydrogens (tertiary/aromatic N) is 2. The minimum absolute atomic E-state index is 0.0269. The Labute approximate surface area is 119 Å². The first-order valence-corrected chi connectivity index (χ1v) is 6.80. The van der Waals surface area contributed by atoms with Crippen LogP contribution in [-0.4, -0.2) is 34.3 Å². The highest BCUT2D eigenvalue weighted by molar-refractivity contribution is 5.95. The molecule has 6 nitrogen and oxygen atoms in total. The van der Waals surface area contributed by atoms with Crippen molar-refractivity contribution in [2.45, 2.75) is 44.9 Å². The van der Waals surface area contributed by atoms with Crippen molar-refractivity contribution in [3.63, 3.8) is 0 Å². The van der Waals surface area contributed by atoms with Gasteiger partial charge in [0.25, 0.3) is 0 Å². The number of pyridine rings is 1. The molecule has 0 aromatic carbocycles. The fourth-order valence-corrected chi connectivity index (χ4v) is 2.44. The van der Waals surface area contributed by atoms with E-state index in [9.17, 15) is 0 Å². The molecule has 4 N–H and O–H groups in total. The van der Waals surface area contributed by atoms with E-state index in [-0.39, 0.29) is 11.4 Å². The van der Waals surface area contributed by atoms with E-state index in [1.54, 1.807) is 6.20 Å². The Morgan fingerprint density at radius 3 is 3.15 bits per heavy atom. The molecule has 1 aromatic rings. The maximum Gasteiger partial charge on any atom is 0.188 e. The number of rotatable bonds is 4. The van der Waals surface area contributed by atoms with Gasteiger partial charge in [-0.25, -0.2) is 0 Å². The molecular weight excluding hydrogens is 256 g/mol. The number of nitrogens with two attached hydrogens (primary N) is 1. The van der Waals surface area contributed by atoms with E-state index in [4.69, 9.17) is 15.7 Å². The summed E-state index contributed by atoms with van der Waals surface area (Å²) in [6.45, 7) is 5.75. The second kappa shape index (κ2) is 6.19. The predicted molar refractivity (Wildman–Crippen MR) is 76.6 cm³/mol. The van der Waals surface area contributed by atoms with Gasteiger partial charge in [-0.05, 0) is 44.4 Å². The molecule has 2 heterocycles. The van der Waals surface area contributed by atoms with Crippen molar-refractivity contribution in [2.75, 3.05) is 6.61 Å². The summed E-state index contributed by atoms with van der Waals surface area (Å²) in [7, 11) is 0. The summed E-state index contributed by atoms with van der Waals surface area (Å²) >= 11 is 0. The molecule has 1 aliphatic heterocycles. The van der Waals surface area contributed by atoms with Crippen LogP contribution < -0.4 is 11.1 Å². The van der Waals surface area contributed by atoms with Gasteiger partial charge in [0.15, 0.2) is 5.84 Å². The topological polar surface area (TPSA) is 92.8 Å². The van der Waals surface area contributed by atoms with Gasteiger partial charge in [-0.3, -0.25) is 4.98 Å². The van der Waals surface area contributed by atoms with E-state index < -0.39 is 0 Å². The standard InChI is InChI=1S/C14H22N4O2/c1-14(2)8-11(4-6-20-14)17-9-10-3-5-16-12(7-10)13(15)18-19/h3,5,7,11,17,19H,4,6,8-9H2,1-2H3,(H2,15,18). The zero-order valence-electron chi connectivity index (χ0n) is 12.0. The average molecular weight is 278 g/mol. The van der Waals surface area contributed by atoms with Gasteiger partial charge in [0.2, 0.25) is 0 Å². The molecule has 20 heavy (non-hydrogen) atoms. The molecule has 1 atom stereocenters. The van der Waals surface area contributed by atoms with Gasteiger partial charge >= 0.3 is 0 Å². The van der Waals surface area contributed by atoms with Crippen LogP contribution in [0.5, 0.6) is 0 Å². The minimum Gasteiger partial charge on any atom is -0.409 e. The van der Waals surface area contributed by atoms with Gasteiger partial charge in [-0.2, -0.15) is 0 Å². The molecule has 1 aromatic heterocycles. The molecule has 6 heteroatoms. The molecule has 2 rings (SSSR count). The Morgan fingerprint density at radius 1 is 1.65 bits per heavy atom. The molecule has 110 valence electrons. The van der Waals surface area contributed by atoms with Crippen molar-refractivity contribution in [3.8, 4) is 0 Å². The molecule has 0 aliphatic carbocycles. The Bertz CT molecular complexity index is 488. The molecule has 0 bridgehead atoms. The van der Waals surface area contributed by atoms with Gasteiger partial charge in [0.1, 0.15) is 5.69 Å². The Hall–Kier alpha value is -1.66. The van der Waals surface area contributed by atoms with Crippen LogP contribution in [0.3, 0.4) is 0 Å². The largest absolute Gasteiger partial charge is 0.409 e. The number of aromatic nitrogens is 1. The summed E-state index contributed by atoms with van der Waals surface area (Å²) in [5.41, 5.74) is 7.02. The zero-order chi connectivity index (χ0) is 14.6. The first-order chi connectivity index (χ1) is 9.50. The third-order valence-corrected chi connectivity index (χ3v) is 3.49. The van der Waals surface area contributed by atoms with Gasteiger partial charge < -0.3 is 21.0 Å². The SMILES string of the molecule is CC1(C)CC(NCc2ccnc(/C(N)=N/O)c2)CCO1. The van der Waals surface area contributed by atoms with E-state index in [1.165, 1.54) is 0 Å². The van der Waals surface area contributed by atoms with Crippen molar-refractivity contribution < 1.29 is 9.94 Å². The van der Waals surface area contributed by atoms with Crippen LogP contribution in [0, 0.1) is 0 Å². The molecule has 0 spiro atoms. The fraction of sp³-hybridized carbons (Fsp3) is 0.571. The average Bonchev–Trinajstić information content (AvgIpc) is 2.43. The normalized spacial score (nSPS) is 22.7. The van der Waals surface area contributed by atoms with E-state index in [0.717, 1.165) is 31.6 Å². The Morgan fingerprint density at radius 2 is 2.45 bits per heavy atom. The second-order valence-corrected chi connectivity index (χ2v) is 5.71. The van der Waals surface area contributed by atoms with Crippen molar-refractivity contribution in [3.05, 3.63) is 29.6 Å². The maximum atomic E-state index is 8.66. The van der Waals surface area contributed by atoms with Gasteiger partial charge in [-0.15, -0.1) is 0 Å². The summed E-state index contributed by atoms with van der Waals surface area (Å²) in [4.78, 5) is 4.06. The van der Waals surface area contributed by atoms with Crippen molar-refractivity contribution in [2.24, 2.45) is 10.9 Å². The second-order valence-electron chi connectivity index (χ2n) is 5.71. The summed E-state index contributed by atoms with van der Waals surface area (Å²) in [6.07, 6.45) is 3.67. The van der Waals surface area contributed by atoms with Crippen LogP contribution in [0.1, 0.15) is 37.9 Å². The van der Waals surface area contributed by atoms with Crippen molar-refractivity contribution >= 4 is 5.84 Å². The van der Waals surface area contributed by atoms with E-state index >= 15 is 0 Å². The highest BCUT2D eigenvalue weighted by Crippen LogP contribution is 2.24. The molecule has 0 saturated carbocycles. The minimum atomic E-state index is -0.0622. The van der Waals surface area contributed by atoms with Crippen LogP contribution >= 0.6 is 0 Å². The van der Waals surface area contributed by atoms with Crippen molar-refractivity contribution in [1.29, 1.82) is 0 Å². The lowest BCUT2D eigenvalue weighted by atomic mass is 9.94. The number of hydrogen-bond donors (Lipinski definition) is 3. The number of nitrogens with one attached hydrogen (secondary N) is 1. The first-order valence-electron chi connectivity index (χ1n) is 6.80. The number of amidine groups is 1. The number of oxime groups is 1. The van der Waals surface area contributed by atoms with Crippen LogP contribution in [0.15, 0.2) is 23.5 Å². The summed E-state index contributed by atoms with van der Waals surface area (Å²) < 4.78 is 5.70. The fourth-order valence-electron chi connectivity index (χ4n) is 2.44. The molecule has 1 unspecified atom stereocenters. The van der Waals surface area contributed by atoms with E-state index in [1.807, 2.05) is 12.1 Å². The van der Waals surface area contributed by atoms with E-state index in [0.29, 0.717) is 11.7 Å². The molecule has 1 fully saturated rings. The monoisotopic (exact) mass is 278 g/mol. The lowest BCUT2D eigenvalue weighted by molar-refractivity contribution is -0.0630. The quantitative estimate of drug-likeness (QED) is 0.333. The van der Waals surface area contributed by atoms with E-state index in [2.05, 4.69) is 29.3 Å². The van der Waals surface area contributed by atoms with Crippen LogP contribution in [0.25, 0.3) is 0 Å². The van der Waals surface area contributed by atoms with Gasteiger partial charge in [0, 0.05) is 25.4 Å². The summed E-state index contributed by atoms with van der Waals surface area (Å²) in [5.74, 6) is 0.0269. The first kappa shape index (κ1) is 14.7. The highest BCUT2D eigenvalue weighted by Gasteiger charge is 2.28. The zero-order valence-corrected chi connectivity index (χ0v) is 12.0. The molecule has 1 saturated heterocycles. The highest BCUT2D eigenvalue weighted by atomic mass is 16.5. The number of hydrogen-bond acceptors (Lipinski definition) is 5. The van der Waals surface area contributed by atoms with Gasteiger partial charge in [0.05, 0.1) is 5.60 Å². The molecule has 0 amide bonds. The van der Waals surface area contributed by atoms with Gasteiger partial charge in [-0.1, -0.05) is 5.16 Å². The van der Waals surface area contributed by atoms with Crippen LogP contribution in [0.4, 0.5) is 0 Å². The third kappa shape index (κ3) is 3.91. The molecular formula is C14H22N4O2.